The number of hydrogen-bond donors (Lipinski definition) is 2. The molecule has 0 saturated carbocycles. The lowest BCUT2D eigenvalue weighted by molar-refractivity contribution is -0.139. The number of hydrogen-bond acceptors (Lipinski definition) is 4. The van der Waals surface area contributed by atoms with Crippen molar-refractivity contribution >= 4 is 17.3 Å². The largest absolute Gasteiger partial charge is 0.480 e. The molecule has 1 aromatic rings. The molecule has 0 aliphatic carbocycles. The highest BCUT2D eigenvalue weighted by atomic mass is 32.1. The molecule has 0 radical (unpaired) electrons. The van der Waals surface area contributed by atoms with Crippen LogP contribution in [0.4, 0.5) is 0 Å². The van der Waals surface area contributed by atoms with E-state index in [0.717, 1.165) is 13.1 Å². The summed E-state index contributed by atoms with van der Waals surface area (Å²) in [5.74, 6) is -0.911. The van der Waals surface area contributed by atoms with Crippen molar-refractivity contribution in [3.05, 3.63) is 22.4 Å². The Labute approximate surface area is 105 Å². The van der Waals surface area contributed by atoms with Gasteiger partial charge in [-0.2, -0.15) is 0 Å². The number of thiophene rings is 1. The maximum atomic E-state index is 10.9. The molecule has 94 valence electrons. The SMILES string of the molecule is N[C@H](C[C@H](c1cccs1)N1CCCC1)C(=O)O. The van der Waals surface area contributed by atoms with Crippen molar-refractivity contribution in [2.45, 2.75) is 31.3 Å². The van der Waals surface area contributed by atoms with Crippen LogP contribution in [-0.4, -0.2) is 35.1 Å². The molecule has 0 amide bonds. The van der Waals surface area contributed by atoms with Gasteiger partial charge in [0.15, 0.2) is 0 Å². The standard InChI is InChI=1S/C12H18N2O2S/c13-9(12(15)16)8-10(11-4-3-7-17-11)14-5-1-2-6-14/h3-4,7,9-10H,1-2,5-6,8,13H2,(H,15,16)/t9-,10-/m1/s1. The van der Waals surface area contributed by atoms with E-state index in [9.17, 15) is 4.79 Å². The van der Waals surface area contributed by atoms with Crippen LogP contribution in [0.25, 0.3) is 0 Å². The van der Waals surface area contributed by atoms with Gasteiger partial charge in [0.25, 0.3) is 0 Å². The van der Waals surface area contributed by atoms with Crippen molar-refractivity contribution in [1.82, 2.24) is 4.90 Å². The zero-order valence-electron chi connectivity index (χ0n) is 9.71. The van der Waals surface area contributed by atoms with Gasteiger partial charge in [0, 0.05) is 10.9 Å². The molecular formula is C12H18N2O2S. The minimum Gasteiger partial charge on any atom is -0.480 e. The summed E-state index contributed by atoms with van der Waals surface area (Å²) in [4.78, 5) is 14.5. The van der Waals surface area contributed by atoms with E-state index in [1.165, 1.54) is 17.7 Å². The first-order valence-electron chi connectivity index (χ1n) is 5.94. The molecule has 0 aromatic carbocycles. The van der Waals surface area contributed by atoms with Crippen LogP contribution in [-0.2, 0) is 4.79 Å². The molecule has 0 unspecified atom stereocenters. The highest BCUT2D eigenvalue weighted by molar-refractivity contribution is 7.10. The number of nitrogens with two attached hydrogens (primary N) is 1. The van der Waals surface area contributed by atoms with E-state index >= 15 is 0 Å². The predicted molar refractivity (Wildman–Crippen MR) is 68.1 cm³/mol. The van der Waals surface area contributed by atoms with Gasteiger partial charge in [-0.1, -0.05) is 6.07 Å². The summed E-state index contributed by atoms with van der Waals surface area (Å²) in [5.41, 5.74) is 5.67. The zero-order chi connectivity index (χ0) is 12.3. The van der Waals surface area contributed by atoms with Crippen molar-refractivity contribution in [2.75, 3.05) is 13.1 Å². The van der Waals surface area contributed by atoms with Crippen molar-refractivity contribution in [2.24, 2.45) is 5.73 Å². The molecule has 3 N–H and O–H groups in total. The molecule has 2 rings (SSSR count). The Morgan fingerprint density at radius 2 is 2.24 bits per heavy atom. The van der Waals surface area contributed by atoms with Crippen molar-refractivity contribution < 1.29 is 9.90 Å². The third-order valence-corrected chi connectivity index (χ3v) is 4.22. The van der Waals surface area contributed by atoms with Gasteiger partial charge in [-0.3, -0.25) is 9.69 Å². The fraction of sp³-hybridized carbons (Fsp3) is 0.583. The molecular weight excluding hydrogens is 236 g/mol. The summed E-state index contributed by atoms with van der Waals surface area (Å²) in [5, 5.41) is 11.0. The molecule has 4 nitrogen and oxygen atoms in total. The average molecular weight is 254 g/mol. The van der Waals surface area contributed by atoms with Crippen LogP contribution in [0.5, 0.6) is 0 Å². The molecule has 0 bridgehead atoms. The van der Waals surface area contributed by atoms with E-state index in [-0.39, 0.29) is 6.04 Å². The maximum absolute atomic E-state index is 10.9. The summed E-state index contributed by atoms with van der Waals surface area (Å²) in [7, 11) is 0. The van der Waals surface area contributed by atoms with E-state index in [0.29, 0.717) is 6.42 Å². The Hall–Kier alpha value is -0.910. The Balaban J connectivity index is 2.09. The molecule has 2 heterocycles. The van der Waals surface area contributed by atoms with Crippen LogP contribution < -0.4 is 5.73 Å². The van der Waals surface area contributed by atoms with Gasteiger partial charge in [0.2, 0.25) is 0 Å². The van der Waals surface area contributed by atoms with Gasteiger partial charge in [-0.25, -0.2) is 0 Å². The molecule has 0 spiro atoms. The molecule has 17 heavy (non-hydrogen) atoms. The normalized spacial score (nSPS) is 20.3. The molecule has 1 saturated heterocycles. The second kappa shape index (κ2) is 5.62. The molecule has 1 aromatic heterocycles. The molecule has 2 atom stereocenters. The number of carbonyl (C=O) groups is 1. The Kier molecular flexibility index (Phi) is 4.15. The monoisotopic (exact) mass is 254 g/mol. The van der Waals surface area contributed by atoms with Gasteiger partial charge in [0.1, 0.15) is 6.04 Å². The van der Waals surface area contributed by atoms with E-state index in [1.807, 2.05) is 11.4 Å². The minimum atomic E-state index is -0.911. The molecule has 1 fully saturated rings. The number of carboxylic acid groups (broad SMARTS) is 1. The van der Waals surface area contributed by atoms with Crippen LogP contribution in [0.2, 0.25) is 0 Å². The summed E-state index contributed by atoms with van der Waals surface area (Å²) in [6, 6.07) is 3.48. The van der Waals surface area contributed by atoms with E-state index in [2.05, 4.69) is 11.0 Å². The van der Waals surface area contributed by atoms with E-state index < -0.39 is 12.0 Å². The minimum absolute atomic E-state index is 0.170. The Morgan fingerprint density at radius 1 is 1.53 bits per heavy atom. The van der Waals surface area contributed by atoms with Crippen molar-refractivity contribution in [1.29, 1.82) is 0 Å². The summed E-state index contributed by atoms with van der Waals surface area (Å²) >= 11 is 1.68. The summed E-state index contributed by atoms with van der Waals surface area (Å²) in [6.45, 7) is 2.10. The van der Waals surface area contributed by atoms with Crippen LogP contribution in [0.1, 0.15) is 30.2 Å². The number of nitrogens with zero attached hydrogens (tertiary/aromatic N) is 1. The van der Waals surface area contributed by atoms with Gasteiger partial charge >= 0.3 is 5.97 Å². The average Bonchev–Trinajstić information content (AvgIpc) is 2.98. The van der Waals surface area contributed by atoms with Crippen LogP contribution in [0.3, 0.4) is 0 Å². The number of carboxylic acids is 1. The highest BCUT2D eigenvalue weighted by Gasteiger charge is 2.28. The molecule has 1 aliphatic heterocycles. The quantitative estimate of drug-likeness (QED) is 0.839. The lowest BCUT2D eigenvalue weighted by Crippen LogP contribution is -2.36. The van der Waals surface area contributed by atoms with Crippen LogP contribution in [0, 0.1) is 0 Å². The second-order valence-electron chi connectivity index (χ2n) is 4.45. The van der Waals surface area contributed by atoms with E-state index in [4.69, 9.17) is 10.8 Å². The van der Waals surface area contributed by atoms with Gasteiger partial charge < -0.3 is 10.8 Å². The fourth-order valence-electron chi connectivity index (χ4n) is 2.32. The fourth-order valence-corrected chi connectivity index (χ4v) is 3.19. The first-order chi connectivity index (χ1) is 8.18. The van der Waals surface area contributed by atoms with Gasteiger partial charge in [-0.05, 0) is 43.8 Å². The first kappa shape index (κ1) is 12.5. The molecule has 1 aliphatic rings. The Morgan fingerprint density at radius 3 is 2.76 bits per heavy atom. The highest BCUT2D eigenvalue weighted by Crippen LogP contribution is 2.31. The van der Waals surface area contributed by atoms with Gasteiger partial charge in [-0.15, -0.1) is 11.3 Å². The topological polar surface area (TPSA) is 66.6 Å². The third-order valence-electron chi connectivity index (χ3n) is 3.25. The molecule has 5 heteroatoms. The van der Waals surface area contributed by atoms with Gasteiger partial charge in [0.05, 0.1) is 0 Å². The lowest BCUT2D eigenvalue weighted by Gasteiger charge is -2.27. The number of aliphatic carboxylic acids is 1. The van der Waals surface area contributed by atoms with Crippen molar-refractivity contribution in [3.63, 3.8) is 0 Å². The zero-order valence-corrected chi connectivity index (χ0v) is 10.5. The van der Waals surface area contributed by atoms with Crippen LogP contribution in [0.15, 0.2) is 17.5 Å². The lowest BCUT2D eigenvalue weighted by atomic mass is 10.1. The number of rotatable bonds is 5. The maximum Gasteiger partial charge on any atom is 0.320 e. The van der Waals surface area contributed by atoms with Crippen LogP contribution >= 0.6 is 11.3 Å². The Bertz CT molecular complexity index is 361. The smallest absolute Gasteiger partial charge is 0.320 e. The van der Waals surface area contributed by atoms with Crippen molar-refractivity contribution in [3.8, 4) is 0 Å². The summed E-state index contributed by atoms with van der Waals surface area (Å²) < 4.78 is 0. The first-order valence-corrected chi connectivity index (χ1v) is 6.82. The summed E-state index contributed by atoms with van der Waals surface area (Å²) in [6.07, 6.45) is 2.89. The third kappa shape index (κ3) is 3.06. The number of likely N-dealkylation sites (tertiary alicyclic amines) is 1. The van der Waals surface area contributed by atoms with E-state index in [1.54, 1.807) is 11.3 Å². The second-order valence-corrected chi connectivity index (χ2v) is 5.43. The predicted octanol–water partition coefficient (Wildman–Crippen LogP) is 1.69.